The van der Waals surface area contributed by atoms with Crippen molar-refractivity contribution in [3.05, 3.63) is 21.0 Å². The van der Waals surface area contributed by atoms with Crippen LogP contribution in [0, 0.1) is 0 Å². The maximum atomic E-state index is 12.2. The third kappa shape index (κ3) is 5.13. The predicted octanol–water partition coefficient (Wildman–Crippen LogP) is 0.931. The van der Waals surface area contributed by atoms with Gasteiger partial charge in [-0.05, 0) is 43.9 Å². The zero-order valence-corrected chi connectivity index (χ0v) is 14.3. The second-order valence-corrected chi connectivity index (χ2v) is 5.61. The molecule has 0 radical (unpaired) electrons. The molecule has 0 fully saturated rings. The van der Waals surface area contributed by atoms with E-state index in [1.54, 1.807) is 13.8 Å². The number of hydrogen-bond acceptors (Lipinski definition) is 6. The van der Waals surface area contributed by atoms with Crippen LogP contribution in [0.4, 0.5) is 5.69 Å². The second-order valence-electron chi connectivity index (χ2n) is 4.82. The van der Waals surface area contributed by atoms with Crippen molar-refractivity contribution in [3.63, 3.8) is 0 Å². The van der Waals surface area contributed by atoms with Crippen molar-refractivity contribution in [1.29, 1.82) is 0 Å². The number of likely N-dealkylation sites (N-methyl/N-ethyl adjacent to an activating group) is 1. The topological polar surface area (TPSA) is 76.5 Å². The summed E-state index contributed by atoms with van der Waals surface area (Å²) in [7, 11) is 3.86. The van der Waals surface area contributed by atoms with E-state index in [1.165, 1.54) is 10.9 Å². The summed E-state index contributed by atoms with van der Waals surface area (Å²) in [5, 5.41) is 7.02. The van der Waals surface area contributed by atoms with Gasteiger partial charge in [-0.1, -0.05) is 0 Å². The molecule has 0 amide bonds. The molecule has 1 rings (SSSR count). The highest BCUT2D eigenvalue weighted by atomic mass is 79.9. The lowest BCUT2D eigenvalue weighted by Gasteiger charge is -2.16. The van der Waals surface area contributed by atoms with E-state index in [9.17, 15) is 9.59 Å². The smallest absolute Gasteiger partial charge is 0.328 e. The van der Waals surface area contributed by atoms with E-state index >= 15 is 0 Å². The Balaban J connectivity index is 2.84. The highest BCUT2D eigenvalue weighted by molar-refractivity contribution is 9.10. The van der Waals surface area contributed by atoms with Gasteiger partial charge >= 0.3 is 5.97 Å². The van der Waals surface area contributed by atoms with E-state index < -0.39 is 6.04 Å². The first-order valence-electron chi connectivity index (χ1n) is 6.70. The second kappa shape index (κ2) is 8.14. The predicted molar refractivity (Wildman–Crippen MR) is 84.5 cm³/mol. The summed E-state index contributed by atoms with van der Waals surface area (Å²) in [4.78, 5) is 25.7. The van der Waals surface area contributed by atoms with Crippen LogP contribution in [0.3, 0.4) is 0 Å². The monoisotopic (exact) mass is 360 g/mol. The fraction of sp³-hybridized carbons (Fsp3) is 0.615. The molecule has 8 heteroatoms. The number of nitrogens with one attached hydrogen (secondary N) is 1. The Morgan fingerprint density at radius 2 is 2.24 bits per heavy atom. The number of nitrogens with zero attached hydrogens (tertiary/aromatic N) is 3. The molecule has 21 heavy (non-hydrogen) atoms. The average Bonchev–Trinajstić information content (AvgIpc) is 2.43. The van der Waals surface area contributed by atoms with E-state index in [0.717, 1.165) is 0 Å². The van der Waals surface area contributed by atoms with Crippen molar-refractivity contribution in [2.75, 3.05) is 32.6 Å². The molecular formula is C13H21BrN4O3. The fourth-order valence-corrected chi connectivity index (χ4v) is 2.00. The van der Waals surface area contributed by atoms with Crippen LogP contribution in [0.5, 0.6) is 0 Å². The lowest BCUT2D eigenvalue weighted by atomic mass is 10.3. The fourth-order valence-electron chi connectivity index (χ4n) is 1.58. The normalized spacial score (nSPS) is 12.3. The zero-order chi connectivity index (χ0) is 16.0. The SMILES string of the molecule is CCOC(=O)C(C)Nc1cnn(CCN(C)C)c(=O)c1Br. The summed E-state index contributed by atoms with van der Waals surface area (Å²) in [6.45, 7) is 4.94. The standard InChI is InChI=1S/C13H21BrN4O3/c1-5-21-13(20)9(2)16-10-8-15-18(7-6-17(3)4)12(19)11(10)14/h8-9,16H,5-7H2,1-4H3. The first-order chi connectivity index (χ1) is 9.86. The van der Waals surface area contributed by atoms with Gasteiger partial charge in [0, 0.05) is 6.54 Å². The number of halogens is 1. The molecule has 1 aromatic heterocycles. The Labute approximate surface area is 132 Å². The molecule has 0 aliphatic carbocycles. The summed E-state index contributed by atoms with van der Waals surface area (Å²) in [6, 6.07) is -0.555. The van der Waals surface area contributed by atoms with Gasteiger partial charge < -0.3 is 15.0 Å². The van der Waals surface area contributed by atoms with Crippen molar-refractivity contribution < 1.29 is 9.53 Å². The van der Waals surface area contributed by atoms with Gasteiger partial charge in [-0.2, -0.15) is 5.10 Å². The van der Waals surface area contributed by atoms with Crippen molar-refractivity contribution in [2.45, 2.75) is 26.4 Å². The van der Waals surface area contributed by atoms with Crippen molar-refractivity contribution >= 4 is 27.6 Å². The molecule has 0 bridgehead atoms. The van der Waals surface area contributed by atoms with E-state index in [1.807, 2.05) is 19.0 Å². The molecule has 1 N–H and O–H groups in total. The average molecular weight is 361 g/mol. The van der Waals surface area contributed by atoms with Crippen LogP contribution in [0.2, 0.25) is 0 Å². The van der Waals surface area contributed by atoms with E-state index in [2.05, 4.69) is 26.3 Å². The number of carbonyl (C=O) groups is 1. The largest absolute Gasteiger partial charge is 0.464 e. The van der Waals surface area contributed by atoms with Crippen molar-refractivity contribution in [2.24, 2.45) is 0 Å². The van der Waals surface area contributed by atoms with Crippen LogP contribution in [0.25, 0.3) is 0 Å². The van der Waals surface area contributed by atoms with Gasteiger partial charge in [0.2, 0.25) is 0 Å². The van der Waals surface area contributed by atoms with Gasteiger partial charge in [0.25, 0.3) is 5.56 Å². The minimum absolute atomic E-state index is 0.238. The van der Waals surface area contributed by atoms with Gasteiger partial charge in [0.1, 0.15) is 10.5 Å². The number of ether oxygens (including phenoxy) is 1. The number of anilines is 1. The summed E-state index contributed by atoms with van der Waals surface area (Å²) >= 11 is 3.25. The third-order valence-corrected chi connectivity index (χ3v) is 3.52. The summed E-state index contributed by atoms with van der Waals surface area (Å²) in [6.07, 6.45) is 1.52. The molecule has 0 aliphatic heterocycles. The minimum atomic E-state index is -0.555. The highest BCUT2D eigenvalue weighted by Crippen LogP contribution is 2.17. The number of rotatable bonds is 7. The number of hydrogen-bond donors (Lipinski definition) is 1. The summed E-state index contributed by atoms with van der Waals surface area (Å²) < 4.78 is 6.64. The molecule has 0 aliphatic rings. The Morgan fingerprint density at radius 1 is 1.57 bits per heavy atom. The van der Waals surface area contributed by atoms with Gasteiger partial charge in [0.15, 0.2) is 0 Å². The maximum absolute atomic E-state index is 12.2. The molecule has 0 aromatic carbocycles. The lowest BCUT2D eigenvalue weighted by molar-refractivity contribution is -0.143. The van der Waals surface area contributed by atoms with Crippen LogP contribution in [-0.2, 0) is 16.1 Å². The third-order valence-electron chi connectivity index (χ3n) is 2.76. The van der Waals surface area contributed by atoms with Crippen LogP contribution in [0.15, 0.2) is 15.5 Å². The number of carbonyl (C=O) groups excluding carboxylic acids is 1. The Bertz CT molecular complexity index is 545. The molecule has 1 aromatic rings. The van der Waals surface area contributed by atoms with Crippen molar-refractivity contribution in [3.8, 4) is 0 Å². The molecule has 1 unspecified atom stereocenters. The first-order valence-corrected chi connectivity index (χ1v) is 7.49. The summed E-state index contributed by atoms with van der Waals surface area (Å²) in [5.41, 5.74) is 0.236. The quantitative estimate of drug-likeness (QED) is 0.729. The molecule has 1 atom stereocenters. The first kappa shape index (κ1) is 17.6. The number of aromatic nitrogens is 2. The lowest BCUT2D eigenvalue weighted by Crippen LogP contribution is -2.32. The molecule has 118 valence electrons. The van der Waals surface area contributed by atoms with E-state index in [0.29, 0.717) is 29.9 Å². The Kier molecular flexibility index (Phi) is 6.83. The Morgan fingerprint density at radius 3 is 2.81 bits per heavy atom. The van der Waals surface area contributed by atoms with Crippen LogP contribution >= 0.6 is 15.9 Å². The minimum Gasteiger partial charge on any atom is -0.464 e. The van der Waals surface area contributed by atoms with Crippen LogP contribution < -0.4 is 10.9 Å². The summed E-state index contributed by atoms with van der Waals surface area (Å²) in [5.74, 6) is -0.374. The molecular weight excluding hydrogens is 340 g/mol. The van der Waals surface area contributed by atoms with Gasteiger partial charge in [-0.25, -0.2) is 9.48 Å². The van der Waals surface area contributed by atoms with Gasteiger partial charge in [-0.3, -0.25) is 4.79 Å². The maximum Gasteiger partial charge on any atom is 0.328 e. The Hall–Kier alpha value is -1.41. The molecule has 0 spiro atoms. The van der Waals surface area contributed by atoms with Crippen LogP contribution in [0.1, 0.15) is 13.8 Å². The van der Waals surface area contributed by atoms with Gasteiger partial charge in [-0.15, -0.1) is 0 Å². The molecule has 1 heterocycles. The van der Waals surface area contributed by atoms with Crippen molar-refractivity contribution in [1.82, 2.24) is 14.7 Å². The zero-order valence-electron chi connectivity index (χ0n) is 12.7. The van der Waals surface area contributed by atoms with E-state index in [-0.39, 0.29) is 11.5 Å². The van der Waals surface area contributed by atoms with Gasteiger partial charge in [0.05, 0.1) is 25.0 Å². The molecule has 0 saturated heterocycles. The highest BCUT2D eigenvalue weighted by Gasteiger charge is 2.17. The van der Waals surface area contributed by atoms with Crippen LogP contribution in [-0.4, -0.2) is 53.9 Å². The number of esters is 1. The molecule has 0 saturated carbocycles. The van der Waals surface area contributed by atoms with E-state index in [4.69, 9.17) is 4.74 Å². The molecule has 7 nitrogen and oxygen atoms in total.